The van der Waals surface area contributed by atoms with E-state index in [-0.39, 0.29) is 11.2 Å². The van der Waals surface area contributed by atoms with Crippen molar-refractivity contribution in [3.8, 4) is 5.75 Å². The Balaban J connectivity index is 1.73. The van der Waals surface area contributed by atoms with Crippen LogP contribution in [0.2, 0.25) is 0 Å². The van der Waals surface area contributed by atoms with Gasteiger partial charge >= 0.3 is 0 Å². The molecule has 2 aromatic rings. The SMILES string of the molecule is C=C/C=C(\C=C)CC(C)(Cc1ccccc1)CN1CCC(F)(c2cccc(O)c2)CC1. The summed E-state index contributed by atoms with van der Waals surface area (Å²) in [4.78, 5) is 2.39. The molecule has 0 bridgehead atoms. The highest BCUT2D eigenvalue weighted by Crippen LogP contribution is 2.40. The van der Waals surface area contributed by atoms with Gasteiger partial charge in [-0.05, 0) is 59.9 Å². The summed E-state index contributed by atoms with van der Waals surface area (Å²) in [6.45, 7) is 12.4. The molecular weight excluding hydrogens is 385 g/mol. The van der Waals surface area contributed by atoms with Crippen LogP contribution in [0.15, 0.2) is 91.6 Å². The van der Waals surface area contributed by atoms with Gasteiger partial charge in [0, 0.05) is 19.6 Å². The number of nitrogens with zero attached hydrogens (tertiary/aromatic N) is 1. The normalized spacial score (nSPS) is 18.8. The van der Waals surface area contributed by atoms with Crippen molar-refractivity contribution in [2.75, 3.05) is 19.6 Å². The number of benzene rings is 2. The van der Waals surface area contributed by atoms with Crippen LogP contribution in [0.4, 0.5) is 4.39 Å². The van der Waals surface area contributed by atoms with E-state index < -0.39 is 5.67 Å². The maximum atomic E-state index is 15.6. The van der Waals surface area contributed by atoms with Gasteiger partial charge in [-0.1, -0.05) is 80.8 Å². The molecule has 1 aliphatic rings. The molecule has 0 spiro atoms. The molecule has 1 saturated heterocycles. The van der Waals surface area contributed by atoms with E-state index in [0.717, 1.165) is 19.4 Å². The molecule has 1 N–H and O–H groups in total. The Kier molecular flexibility index (Phi) is 7.50. The second-order valence-electron chi connectivity index (χ2n) is 9.12. The van der Waals surface area contributed by atoms with Crippen molar-refractivity contribution >= 4 is 0 Å². The number of hydrogen-bond donors (Lipinski definition) is 1. The quantitative estimate of drug-likeness (QED) is 0.464. The molecule has 0 amide bonds. The standard InChI is InChI=1S/C28H34FNO/c1-4-10-23(5-2)20-27(3,21-24-11-7-6-8-12-24)22-30-17-15-28(29,16-18-30)25-13-9-14-26(31)19-25/h4-14,19,31H,1-2,15-18,20-22H2,3H3/b23-10+. The molecule has 0 aliphatic carbocycles. The number of phenols is 1. The summed E-state index contributed by atoms with van der Waals surface area (Å²) in [5.74, 6) is 0.123. The first-order valence-electron chi connectivity index (χ1n) is 11.0. The van der Waals surface area contributed by atoms with E-state index in [0.29, 0.717) is 31.5 Å². The molecule has 1 heterocycles. The van der Waals surface area contributed by atoms with Gasteiger partial charge in [-0.2, -0.15) is 0 Å². The van der Waals surface area contributed by atoms with E-state index in [4.69, 9.17) is 0 Å². The molecule has 1 fully saturated rings. The predicted molar refractivity (Wildman–Crippen MR) is 128 cm³/mol. The Labute approximate surface area is 186 Å². The van der Waals surface area contributed by atoms with E-state index in [2.05, 4.69) is 49.2 Å². The minimum absolute atomic E-state index is 0.00822. The second-order valence-corrected chi connectivity index (χ2v) is 9.12. The fourth-order valence-corrected chi connectivity index (χ4v) is 4.78. The lowest BCUT2D eigenvalue weighted by Crippen LogP contribution is -2.45. The van der Waals surface area contributed by atoms with Crippen LogP contribution < -0.4 is 0 Å². The van der Waals surface area contributed by atoms with E-state index in [9.17, 15) is 5.11 Å². The average Bonchev–Trinajstić information content (AvgIpc) is 2.76. The lowest BCUT2D eigenvalue weighted by atomic mass is 9.76. The van der Waals surface area contributed by atoms with Crippen molar-refractivity contribution in [2.24, 2.45) is 5.41 Å². The van der Waals surface area contributed by atoms with Crippen molar-refractivity contribution in [3.63, 3.8) is 0 Å². The Bertz CT molecular complexity index is 912. The summed E-state index contributed by atoms with van der Waals surface area (Å²) < 4.78 is 15.6. The van der Waals surface area contributed by atoms with Gasteiger partial charge in [0.25, 0.3) is 0 Å². The Morgan fingerprint density at radius 3 is 2.45 bits per heavy atom. The number of phenolic OH excluding ortho intramolecular Hbond substituents is 1. The molecule has 0 radical (unpaired) electrons. The first-order valence-corrected chi connectivity index (χ1v) is 11.0. The van der Waals surface area contributed by atoms with E-state index >= 15 is 4.39 Å². The van der Waals surface area contributed by atoms with Gasteiger partial charge < -0.3 is 10.0 Å². The van der Waals surface area contributed by atoms with Crippen LogP contribution in [-0.2, 0) is 12.1 Å². The van der Waals surface area contributed by atoms with E-state index in [1.54, 1.807) is 24.3 Å². The number of rotatable bonds is 9. The number of alkyl halides is 1. The summed E-state index contributed by atoms with van der Waals surface area (Å²) in [5, 5.41) is 9.76. The van der Waals surface area contributed by atoms with Crippen LogP contribution >= 0.6 is 0 Å². The molecule has 3 rings (SSSR count). The van der Waals surface area contributed by atoms with Crippen molar-refractivity contribution in [3.05, 3.63) is 103 Å². The monoisotopic (exact) mass is 419 g/mol. The largest absolute Gasteiger partial charge is 0.508 e. The molecule has 1 aliphatic heterocycles. The van der Waals surface area contributed by atoms with Gasteiger partial charge in [0.05, 0.1) is 0 Å². The van der Waals surface area contributed by atoms with Crippen LogP contribution in [-0.4, -0.2) is 29.6 Å². The highest BCUT2D eigenvalue weighted by molar-refractivity contribution is 5.32. The minimum Gasteiger partial charge on any atom is -0.508 e. The van der Waals surface area contributed by atoms with Gasteiger partial charge in [0.15, 0.2) is 0 Å². The Morgan fingerprint density at radius 1 is 1.13 bits per heavy atom. The van der Waals surface area contributed by atoms with Gasteiger partial charge in [0.1, 0.15) is 11.4 Å². The fourth-order valence-electron chi connectivity index (χ4n) is 4.78. The van der Waals surface area contributed by atoms with Gasteiger partial charge in [-0.3, -0.25) is 0 Å². The Hall–Kier alpha value is -2.65. The number of hydrogen-bond acceptors (Lipinski definition) is 2. The zero-order valence-electron chi connectivity index (χ0n) is 18.6. The molecule has 1 unspecified atom stereocenters. The molecule has 0 aromatic heterocycles. The molecule has 1 atom stereocenters. The maximum absolute atomic E-state index is 15.6. The van der Waals surface area contributed by atoms with E-state index in [1.807, 2.05) is 24.3 Å². The summed E-state index contributed by atoms with van der Waals surface area (Å²) in [6.07, 6.45) is 8.47. The van der Waals surface area contributed by atoms with Crippen molar-refractivity contribution < 1.29 is 9.50 Å². The van der Waals surface area contributed by atoms with Crippen LogP contribution in [0.1, 0.15) is 37.3 Å². The number of halogens is 1. The second kappa shape index (κ2) is 10.1. The zero-order valence-corrected chi connectivity index (χ0v) is 18.6. The van der Waals surface area contributed by atoms with Gasteiger partial charge in [-0.15, -0.1) is 0 Å². The minimum atomic E-state index is -1.37. The molecule has 2 nitrogen and oxygen atoms in total. The molecular formula is C28H34FNO. The Morgan fingerprint density at radius 2 is 1.84 bits per heavy atom. The van der Waals surface area contributed by atoms with E-state index in [1.165, 1.54) is 11.1 Å². The molecule has 31 heavy (non-hydrogen) atoms. The van der Waals surface area contributed by atoms with Crippen molar-refractivity contribution in [1.82, 2.24) is 4.90 Å². The maximum Gasteiger partial charge on any atom is 0.138 e. The summed E-state index contributed by atoms with van der Waals surface area (Å²) in [6, 6.07) is 17.2. The third-order valence-electron chi connectivity index (χ3n) is 6.32. The third kappa shape index (κ3) is 6.18. The molecule has 0 saturated carbocycles. The van der Waals surface area contributed by atoms with Crippen molar-refractivity contribution in [1.29, 1.82) is 0 Å². The molecule has 2 aromatic carbocycles. The summed E-state index contributed by atoms with van der Waals surface area (Å²) in [7, 11) is 0. The first kappa shape index (κ1) is 23.0. The molecule has 164 valence electrons. The summed E-state index contributed by atoms with van der Waals surface area (Å²) >= 11 is 0. The van der Waals surface area contributed by atoms with Crippen molar-refractivity contribution in [2.45, 2.75) is 38.3 Å². The smallest absolute Gasteiger partial charge is 0.138 e. The van der Waals surface area contributed by atoms with Gasteiger partial charge in [0.2, 0.25) is 0 Å². The lowest BCUT2D eigenvalue weighted by Gasteiger charge is -2.42. The van der Waals surface area contributed by atoms with Crippen LogP contribution in [0.25, 0.3) is 0 Å². The number of likely N-dealkylation sites (tertiary alicyclic amines) is 1. The fraction of sp³-hybridized carbons (Fsp3) is 0.357. The first-order chi connectivity index (χ1) is 14.9. The predicted octanol–water partition coefficient (Wildman–Crippen LogP) is 6.59. The topological polar surface area (TPSA) is 23.5 Å². The average molecular weight is 420 g/mol. The zero-order chi connectivity index (χ0) is 22.3. The highest BCUT2D eigenvalue weighted by atomic mass is 19.1. The van der Waals surface area contributed by atoms with Crippen LogP contribution in [0, 0.1) is 5.41 Å². The third-order valence-corrected chi connectivity index (χ3v) is 6.32. The van der Waals surface area contributed by atoms with Gasteiger partial charge in [-0.25, -0.2) is 4.39 Å². The highest BCUT2D eigenvalue weighted by Gasteiger charge is 2.38. The number of allylic oxidation sites excluding steroid dienone is 4. The number of aromatic hydroxyl groups is 1. The van der Waals surface area contributed by atoms with Crippen LogP contribution in [0.5, 0.6) is 5.75 Å². The lowest BCUT2D eigenvalue weighted by molar-refractivity contribution is 0.0361. The molecule has 3 heteroatoms. The van der Waals surface area contributed by atoms with Crippen LogP contribution in [0.3, 0.4) is 0 Å². The number of piperidine rings is 1. The summed E-state index contributed by atoms with van der Waals surface area (Å²) in [5.41, 5.74) is 1.68.